The minimum Gasteiger partial charge on any atom is -0.354 e. The summed E-state index contributed by atoms with van der Waals surface area (Å²) in [4.78, 5) is 3.70. The van der Waals surface area contributed by atoms with Crippen molar-refractivity contribution in [3.63, 3.8) is 0 Å². The molecule has 0 saturated carbocycles. The van der Waals surface area contributed by atoms with Crippen molar-refractivity contribution >= 4 is 10.9 Å². The van der Waals surface area contributed by atoms with Crippen molar-refractivity contribution in [2.75, 3.05) is 6.54 Å². The Labute approximate surface area is 157 Å². The van der Waals surface area contributed by atoms with Crippen LogP contribution in [0.3, 0.4) is 0 Å². The number of aromatic nitrogens is 1. The highest BCUT2D eigenvalue weighted by Gasteiger charge is 2.14. The van der Waals surface area contributed by atoms with Crippen molar-refractivity contribution in [1.29, 1.82) is 0 Å². The predicted octanol–water partition coefficient (Wildman–Crippen LogP) is 6.19. The number of nitrogens with two attached hydrogens (primary N) is 1. The van der Waals surface area contributed by atoms with Crippen LogP contribution in [0.4, 0.5) is 0 Å². The molecule has 0 bridgehead atoms. The molecule has 0 radical (unpaired) electrons. The second-order valence-corrected chi connectivity index (χ2v) is 7.39. The van der Waals surface area contributed by atoms with Crippen molar-refractivity contribution in [1.82, 2.24) is 4.98 Å². The molecule has 2 aromatic carbocycles. The molecule has 0 aliphatic carbocycles. The lowest BCUT2D eigenvalue weighted by atomic mass is 9.94. The molecule has 3 N–H and O–H groups in total. The van der Waals surface area contributed by atoms with Gasteiger partial charge in [0.05, 0.1) is 0 Å². The molecule has 138 valence electrons. The smallest absolute Gasteiger partial charge is 0.0497 e. The maximum atomic E-state index is 5.74. The van der Waals surface area contributed by atoms with Crippen molar-refractivity contribution in [2.45, 2.75) is 58.8 Å². The van der Waals surface area contributed by atoms with Gasteiger partial charge in [-0.05, 0) is 79.0 Å². The van der Waals surface area contributed by atoms with E-state index in [1.165, 1.54) is 45.3 Å². The number of hydrogen-bond acceptors (Lipinski definition) is 1. The molecule has 2 nitrogen and oxygen atoms in total. The highest BCUT2D eigenvalue weighted by Crippen LogP contribution is 2.34. The van der Waals surface area contributed by atoms with Gasteiger partial charge in [-0.2, -0.15) is 0 Å². The maximum absolute atomic E-state index is 5.74. The van der Waals surface area contributed by atoms with E-state index in [1.807, 2.05) is 0 Å². The van der Waals surface area contributed by atoms with Gasteiger partial charge in [-0.15, -0.1) is 0 Å². The van der Waals surface area contributed by atoms with Crippen LogP contribution in [-0.2, 0) is 12.8 Å². The molecule has 26 heavy (non-hydrogen) atoms. The lowest BCUT2D eigenvalue weighted by Crippen LogP contribution is -1.99. The van der Waals surface area contributed by atoms with Gasteiger partial charge in [-0.1, -0.05) is 51.1 Å². The summed E-state index contributed by atoms with van der Waals surface area (Å²) < 4.78 is 0. The van der Waals surface area contributed by atoms with Crippen molar-refractivity contribution in [3.05, 3.63) is 59.2 Å². The van der Waals surface area contributed by atoms with Gasteiger partial charge >= 0.3 is 0 Å². The van der Waals surface area contributed by atoms with E-state index in [2.05, 4.69) is 68.2 Å². The zero-order valence-electron chi connectivity index (χ0n) is 16.4. The second kappa shape index (κ2) is 8.55. The van der Waals surface area contributed by atoms with Gasteiger partial charge in [0.25, 0.3) is 0 Å². The summed E-state index contributed by atoms with van der Waals surface area (Å²) in [7, 11) is 0. The summed E-state index contributed by atoms with van der Waals surface area (Å²) in [6.45, 7) is 7.54. The Morgan fingerprint density at radius 3 is 2.42 bits per heavy atom. The van der Waals surface area contributed by atoms with Gasteiger partial charge in [0.1, 0.15) is 0 Å². The highest BCUT2D eigenvalue weighted by molar-refractivity contribution is 5.91. The van der Waals surface area contributed by atoms with Crippen molar-refractivity contribution in [3.8, 4) is 11.3 Å². The largest absolute Gasteiger partial charge is 0.354 e. The second-order valence-electron chi connectivity index (χ2n) is 7.39. The summed E-state index contributed by atoms with van der Waals surface area (Å²) in [6, 6.07) is 15.9. The number of aromatic amines is 1. The average molecular weight is 349 g/mol. The van der Waals surface area contributed by atoms with E-state index < -0.39 is 0 Å². The van der Waals surface area contributed by atoms with Gasteiger partial charge < -0.3 is 10.7 Å². The molecule has 3 aromatic rings. The van der Waals surface area contributed by atoms with E-state index >= 15 is 0 Å². The molecule has 1 aromatic heterocycles. The zero-order valence-corrected chi connectivity index (χ0v) is 16.4. The number of nitrogens with one attached hydrogen (secondary N) is 1. The van der Waals surface area contributed by atoms with Gasteiger partial charge in [-0.3, -0.25) is 0 Å². The molecule has 0 spiro atoms. The van der Waals surface area contributed by atoms with Crippen LogP contribution in [0.15, 0.2) is 42.5 Å². The van der Waals surface area contributed by atoms with Crippen molar-refractivity contribution < 1.29 is 0 Å². The third-order valence-electron chi connectivity index (χ3n) is 5.64. The van der Waals surface area contributed by atoms with Gasteiger partial charge in [0.2, 0.25) is 0 Å². The molecule has 0 fully saturated rings. The minimum absolute atomic E-state index is 0.596. The van der Waals surface area contributed by atoms with Crippen LogP contribution in [0.1, 0.15) is 62.6 Å². The molecule has 0 aliphatic heterocycles. The van der Waals surface area contributed by atoms with Gasteiger partial charge in [0.15, 0.2) is 0 Å². The van der Waals surface area contributed by atoms with E-state index in [4.69, 9.17) is 5.73 Å². The van der Waals surface area contributed by atoms with E-state index in [0.717, 1.165) is 32.2 Å². The predicted molar refractivity (Wildman–Crippen MR) is 114 cm³/mol. The zero-order chi connectivity index (χ0) is 18.5. The lowest BCUT2D eigenvalue weighted by molar-refractivity contribution is 0.734. The Morgan fingerprint density at radius 2 is 1.77 bits per heavy atom. The summed E-state index contributed by atoms with van der Waals surface area (Å²) in [5.74, 6) is 0.596. The lowest BCUT2D eigenvalue weighted by Gasteiger charge is -2.10. The molecule has 2 heteroatoms. The summed E-state index contributed by atoms with van der Waals surface area (Å²) >= 11 is 0. The topological polar surface area (TPSA) is 41.8 Å². The number of hydrogen-bond donors (Lipinski definition) is 2. The fourth-order valence-electron chi connectivity index (χ4n) is 3.67. The molecular formula is C24H32N2. The molecule has 0 saturated heterocycles. The van der Waals surface area contributed by atoms with Crippen LogP contribution in [0.5, 0.6) is 0 Å². The van der Waals surface area contributed by atoms with E-state index in [1.54, 1.807) is 0 Å². The van der Waals surface area contributed by atoms with Crippen LogP contribution < -0.4 is 5.73 Å². The minimum atomic E-state index is 0.596. The Morgan fingerprint density at radius 1 is 1.00 bits per heavy atom. The molecular weight excluding hydrogens is 316 g/mol. The molecule has 1 unspecified atom stereocenters. The first kappa shape index (κ1) is 18.7. The third-order valence-corrected chi connectivity index (χ3v) is 5.64. The number of rotatable bonds is 8. The van der Waals surface area contributed by atoms with Crippen LogP contribution in [0.25, 0.3) is 22.2 Å². The SMILES string of the molecule is CCc1ccc(-c2[nH]c3ccc(C(C)CC)cc3c2CCCCN)cc1. The molecule has 0 aliphatic rings. The summed E-state index contributed by atoms with van der Waals surface area (Å²) in [5, 5.41) is 1.38. The monoisotopic (exact) mass is 348 g/mol. The van der Waals surface area contributed by atoms with E-state index in [9.17, 15) is 0 Å². The van der Waals surface area contributed by atoms with Crippen LogP contribution in [0, 0.1) is 0 Å². The fourth-order valence-corrected chi connectivity index (χ4v) is 3.67. The average Bonchev–Trinajstić information content (AvgIpc) is 3.05. The van der Waals surface area contributed by atoms with Crippen LogP contribution in [0.2, 0.25) is 0 Å². The molecule has 1 atom stereocenters. The Balaban J connectivity index is 2.08. The fraction of sp³-hybridized carbons (Fsp3) is 0.417. The third kappa shape index (κ3) is 3.86. The summed E-state index contributed by atoms with van der Waals surface area (Å²) in [5.41, 5.74) is 13.8. The Hall–Kier alpha value is -2.06. The number of fused-ring (bicyclic) bond motifs is 1. The number of benzene rings is 2. The summed E-state index contributed by atoms with van der Waals surface area (Å²) in [6.07, 6.45) is 5.54. The van der Waals surface area contributed by atoms with E-state index in [-0.39, 0.29) is 0 Å². The first-order chi connectivity index (χ1) is 12.7. The van der Waals surface area contributed by atoms with Gasteiger partial charge in [0, 0.05) is 16.6 Å². The Bertz CT molecular complexity index is 843. The van der Waals surface area contributed by atoms with Crippen LogP contribution in [-0.4, -0.2) is 11.5 Å². The first-order valence-electron chi connectivity index (χ1n) is 10.1. The quantitative estimate of drug-likeness (QED) is 0.468. The standard InChI is InChI=1S/C24H32N2/c1-4-17(3)20-13-14-23-22(16-20)21(8-6-7-15-25)24(26-23)19-11-9-18(5-2)10-12-19/h9-14,16-17,26H,4-8,15,25H2,1-3H3. The maximum Gasteiger partial charge on any atom is 0.0497 e. The first-order valence-corrected chi connectivity index (χ1v) is 10.1. The van der Waals surface area contributed by atoms with Crippen molar-refractivity contribution in [2.24, 2.45) is 5.73 Å². The Kier molecular flexibility index (Phi) is 6.16. The normalized spacial score (nSPS) is 12.6. The number of aryl methyl sites for hydroxylation is 2. The number of unbranched alkanes of at least 4 members (excludes halogenated alkanes) is 1. The van der Waals surface area contributed by atoms with Crippen LogP contribution >= 0.6 is 0 Å². The molecule has 0 amide bonds. The highest BCUT2D eigenvalue weighted by atomic mass is 14.7. The van der Waals surface area contributed by atoms with Gasteiger partial charge in [-0.25, -0.2) is 0 Å². The molecule has 1 heterocycles. The number of H-pyrrole nitrogens is 1. The molecule has 3 rings (SSSR count). The van der Waals surface area contributed by atoms with E-state index in [0.29, 0.717) is 5.92 Å².